The van der Waals surface area contributed by atoms with Gasteiger partial charge in [0.1, 0.15) is 0 Å². The Balaban J connectivity index is 1.48. The molecule has 2 heterocycles. The number of aromatic nitrogens is 2. The molecule has 1 aliphatic rings. The van der Waals surface area contributed by atoms with Gasteiger partial charge in [-0.3, -0.25) is 4.79 Å². The third kappa shape index (κ3) is 5.13. The molecule has 0 N–H and O–H groups in total. The van der Waals surface area contributed by atoms with Crippen molar-refractivity contribution in [2.75, 3.05) is 26.3 Å². The van der Waals surface area contributed by atoms with Gasteiger partial charge in [0.2, 0.25) is 11.8 Å². The van der Waals surface area contributed by atoms with Gasteiger partial charge < -0.3 is 14.2 Å². The van der Waals surface area contributed by atoms with E-state index in [1.54, 1.807) is 0 Å². The molecule has 134 valence electrons. The normalized spacial score (nSPS) is 16.9. The second-order valence-corrected chi connectivity index (χ2v) is 6.43. The average Bonchev–Trinajstić information content (AvgIpc) is 3.30. The lowest BCUT2D eigenvalue weighted by Crippen LogP contribution is -2.35. The number of amides is 1. The zero-order valence-electron chi connectivity index (χ0n) is 14.7. The summed E-state index contributed by atoms with van der Waals surface area (Å²) in [6, 6.07) is 10.0. The molecule has 1 aromatic carbocycles. The van der Waals surface area contributed by atoms with Gasteiger partial charge in [0.05, 0.1) is 6.61 Å². The Morgan fingerprint density at radius 2 is 2.16 bits per heavy atom. The molecule has 1 saturated heterocycles. The van der Waals surface area contributed by atoms with Gasteiger partial charge in [0.15, 0.2) is 5.82 Å². The van der Waals surface area contributed by atoms with Crippen LogP contribution in [0.3, 0.4) is 0 Å². The fourth-order valence-corrected chi connectivity index (χ4v) is 3.06. The van der Waals surface area contributed by atoms with Crippen LogP contribution in [0.4, 0.5) is 0 Å². The molecule has 1 unspecified atom stereocenters. The molecule has 1 fully saturated rings. The Bertz CT molecular complexity index is 666. The first-order chi connectivity index (χ1) is 12.2. The van der Waals surface area contributed by atoms with E-state index in [-0.39, 0.29) is 5.91 Å². The Kier molecular flexibility index (Phi) is 6.17. The van der Waals surface area contributed by atoms with Crippen molar-refractivity contribution >= 4 is 5.91 Å². The Hall–Kier alpha value is -2.21. The number of carbonyl (C=O) groups is 1. The van der Waals surface area contributed by atoms with E-state index in [1.807, 2.05) is 42.2 Å². The van der Waals surface area contributed by atoms with Gasteiger partial charge in [-0.05, 0) is 18.9 Å². The standard InChI is InChI=1S/C19H25N3O3/c1-2-22(13-16-10-11-24-14-16)19(23)9-8-18-20-17(21-25-18)12-15-6-4-3-5-7-15/h3-7,16H,2,8-14H2,1H3. The van der Waals surface area contributed by atoms with Gasteiger partial charge in [0, 0.05) is 44.9 Å². The molecule has 25 heavy (non-hydrogen) atoms. The average molecular weight is 343 g/mol. The summed E-state index contributed by atoms with van der Waals surface area (Å²) in [7, 11) is 0. The topological polar surface area (TPSA) is 68.5 Å². The van der Waals surface area contributed by atoms with E-state index in [9.17, 15) is 4.79 Å². The van der Waals surface area contributed by atoms with Crippen molar-refractivity contribution in [3.05, 3.63) is 47.6 Å². The molecule has 0 spiro atoms. The van der Waals surface area contributed by atoms with Crippen LogP contribution in [0.25, 0.3) is 0 Å². The molecule has 0 aliphatic carbocycles. The summed E-state index contributed by atoms with van der Waals surface area (Å²) < 4.78 is 10.7. The molecule has 1 aromatic heterocycles. The van der Waals surface area contributed by atoms with Gasteiger partial charge in [-0.25, -0.2) is 0 Å². The van der Waals surface area contributed by atoms with Crippen molar-refractivity contribution in [1.82, 2.24) is 15.0 Å². The van der Waals surface area contributed by atoms with Crippen LogP contribution in [-0.2, 0) is 22.4 Å². The SMILES string of the molecule is CCN(CC1CCOC1)C(=O)CCc1nc(Cc2ccccc2)no1. The predicted molar refractivity (Wildman–Crippen MR) is 93.0 cm³/mol. The number of hydrogen-bond acceptors (Lipinski definition) is 5. The molecular weight excluding hydrogens is 318 g/mol. The molecule has 6 nitrogen and oxygen atoms in total. The first kappa shape index (κ1) is 17.6. The highest BCUT2D eigenvalue weighted by atomic mass is 16.5. The number of rotatable bonds is 8. The lowest BCUT2D eigenvalue weighted by molar-refractivity contribution is -0.131. The summed E-state index contributed by atoms with van der Waals surface area (Å²) in [6.07, 6.45) is 2.56. The Morgan fingerprint density at radius 1 is 1.32 bits per heavy atom. The number of ether oxygens (including phenoxy) is 1. The number of nitrogens with zero attached hydrogens (tertiary/aromatic N) is 3. The summed E-state index contributed by atoms with van der Waals surface area (Å²) >= 11 is 0. The molecule has 3 rings (SSSR count). The van der Waals surface area contributed by atoms with E-state index < -0.39 is 0 Å². The predicted octanol–water partition coefficient (Wildman–Crippen LogP) is 2.48. The lowest BCUT2D eigenvalue weighted by Gasteiger charge is -2.23. The van der Waals surface area contributed by atoms with Gasteiger partial charge in [0.25, 0.3) is 0 Å². The van der Waals surface area contributed by atoms with Crippen LogP contribution in [0.5, 0.6) is 0 Å². The van der Waals surface area contributed by atoms with Crippen LogP contribution in [0.1, 0.15) is 37.0 Å². The van der Waals surface area contributed by atoms with Crippen molar-refractivity contribution in [1.29, 1.82) is 0 Å². The van der Waals surface area contributed by atoms with Gasteiger partial charge >= 0.3 is 0 Å². The molecule has 1 atom stereocenters. The summed E-state index contributed by atoms with van der Waals surface area (Å²) in [5.41, 5.74) is 1.14. The molecule has 6 heteroatoms. The number of hydrogen-bond donors (Lipinski definition) is 0. The van der Waals surface area contributed by atoms with E-state index in [0.717, 1.165) is 38.3 Å². The smallest absolute Gasteiger partial charge is 0.227 e. The van der Waals surface area contributed by atoms with Crippen molar-refractivity contribution < 1.29 is 14.1 Å². The fourth-order valence-electron chi connectivity index (χ4n) is 3.06. The highest BCUT2D eigenvalue weighted by molar-refractivity contribution is 5.76. The minimum Gasteiger partial charge on any atom is -0.381 e. The molecule has 2 aromatic rings. The number of carbonyl (C=O) groups excluding carboxylic acids is 1. The molecule has 0 bridgehead atoms. The number of benzene rings is 1. The number of aryl methyl sites for hydroxylation is 1. The zero-order chi connectivity index (χ0) is 17.5. The minimum absolute atomic E-state index is 0.136. The zero-order valence-corrected chi connectivity index (χ0v) is 14.7. The van der Waals surface area contributed by atoms with Crippen molar-refractivity contribution in [3.8, 4) is 0 Å². The lowest BCUT2D eigenvalue weighted by atomic mass is 10.1. The summed E-state index contributed by atoms with van der Waals surface area (Å²) in [5, 5.41) is 4.01. The molecule has 0 saturated carbocycles. The summed E-state index contributed by atoms with van der Waals surface area (Å²) in [5.74, 6) is 1.78. The van der Waals surface area contributed by atoms with Crippen molar-refractivity contribution in [3.63, 3.8) is 0 Å². The van der Waals surface area contributed by atoms with Crippen LogP contribution in [0.15, 0.2) is 34.9 Å². The first-order valence-electron chi connectivity index (χ1n) is 8.95. The van der Waals surface area contributed by atoms with E-state index in [4.69, 9.17) is 9.26 Å². The third-order valence-electron chi connectivity index (χ3n) is 4.50. The van der Waals surface area contributed by atoms with Gasteiger partial charge in [-0.15, -0.1) is 0 Å². The first-order valence-corrected chi connectivity index (χ1v) is 8.95. The fraction of sp³-hybridized carbons (Fsp3) is 0.526. The Morgan fingerprint density at radius 3 is 2.88 bits per heavy atom. The highest BCUT2D eigenvalue weighted by Gasteiger charge is 2.21. The molecule has 1 aliphatic heterocycles. The van der Waals surface area contributed by atoms with Crippen LogP contribution in [-0.4, -0.2) is 47.3 Å². The van der Waals surface area contributed by atoms with Crippen LogP contribution in [0.2, 0.25) is 0 Å². The summed E-state index contributed by atoms with van der Waals surface area (Å²) in [6.45, 7) is 5.08. The quantitative estimate of drug-likeness (QED) is 0.736. The summed E-state index contributed by atoms with van der Waals surface area (Å²) in [4.78, 5) is 18.7. The molecular formula is C19H25N3O3. The highest BCUT2D eigenvalue weighted by Crippen LogP contribution is 2.15. The molecule has 1 amide bonds. The monoisotopic (exact) mass is 343 g/mol. The maximum absolute atomic E-state index is 12.4. The second kappa shape index (κ2) is 8.76. The van der Waals surface area contributed by atoms with E-state index in [2.05, 4.69) is 10.1 Å². The van der Waals surface area contributed by atoms with Crippen molar-refractivity contribution in [2.24, 2.45) is 5.92 Å². The van der Waals surface area contributed by atoms with Crippen LogP contribution < -0.4 is 0 Å². The van der Waals surface area contributed by atoms with Gasteiger partial charge in [-0.2, -0.15) is 4.98 Å². The van der Waals surface area contributed by atoms with E-state index >= 15 is 0 Å². The van der Waals surface area contributed by atoms with E-state index in [1.165, 1.54) is 0 Å². The van der Waals surface area contributed by atoms with E-state index in [0.29, 0.717) is 36.9 Å². The largest absolute Gasteiger partial charge is 0.381 e. The van der Waals surface area contributed by atoms with Gasteiger partial charge in [-0.1, -0.05) is 35.5 Å². The molecule has 0 radical (unpaired) electrons. The second-order valence-electron chi connectivity index (χ2n) is 6.43. The Labute approximate surface area is 148 Å². The third-order valence-corrected chi connectivity index (χ3v) is 4.50. The van der Waals surface area contributed by atoms with Crippen LogP contribution >= 0.6 is 0 Å². The maximum atomic E-state index is 12.4. The van der Waals surface area contributed by atoms with Crippen molar-refractivity contribution in [2.45, 2.75) is 32.6 Å². The maximum Gasteiger partial charge on any atom is 0.227 e. The van der Waals surface area contributed by atoms with Crippen LogP contribution in [0, 0.1) is 5.92 Å². The minimum atomic E-state index is 0.136.